The lowest BCUT2D eigenvalue weighted by Crippen LogP contribution is -2.15. The van der Waals surface area contributed by atoms with E-state index in [2.05, 4.69) is 0 Å². The predicted molar refractivity (Wildman–Crippen MR) is 97.1 cm³/mol. The van der Waals surface area contributed by atoms with E-state index in [9.17, 15) is 4.79 Å². The Labute approximate surface area is 146 Å². The van der Waals surface area contributed by atoms with E-state index in [1.165, 1.54) is 0 Å². The molecule has 3 heteroatoms. The first-order valence-electron chi connectivity index (χ1n) is 8.37. The molecule has 3 aromatic carbocycles. The molecule has 0 aliphatic carbocycles. The van der Waals surface area contributed by atoms with Crippen molar-refractivity contribution >= 4 is 5.78 Å². The van der Waals surface area contributed by atoms with Crippen molar-refractivity contribution in [3.63, 3.8) is 0 Å². The Bertz CT molecular complexity index is 883. The summed E-state index contributed by atoms with van der Waals surface area (Å²) < 4.78 is 11.4. The first-order valence-corrected chi connectivity index (χ1v) is 8.37. The zero-order valence-corrected chi connectivity index (χ0v) is 13.8. The van der Waals surface area contributed by atoms with Gasteiger partial charge in [0, 0.05) is 6.42 Å². The molecule has 0 fully saturated rings. The van der Waals surface area contributed by atoms with Crippen LogP contribution in [0.15, 0.2) is 72.8 Å². The van der Waals surface area contributed by atoms with E-state index in [4.69, 9.17) is 9.47 Å². The first-order chi connectivity index (χ1) is 12.3. The second-order valence-electron chi connectivity index (χ2n) is 6.03. The molecule has 1 aliphatic rings. The zero-order chi connectivity index (χ0) is 17.1. The average molecular weight is 330 g/mol. The molecule has 0 saturated heterocycles. The number of benzene rings is 3. The van der Waals surface area contributed by atoms with Gasteiger partial charge in [-0.2, -0.15) is 0 Å². The fraction of sp³-hybridized carbons (Fsp3) is 0.136. The van der Waals surface area contributed by atoms with Crippen LogP contribution in [0.1, 0.15) is 22.3 Å². The lowest BCUT2D eigenvalue weighted by Gasteiger charge is -2.17. The maximum Gasteiger partial charge on any atom is 0.169 e. The molecule has 0 aromatic heterocycles. The number of carbonyl (C=O) groups is 1. The van der Waals surface area contributed by atoms with Crippen LogP contribution in [0.4, 0.5) is 0 Å². The molecule has 0 atom stereocenters. The highest BCUT2D eigenvalue weighted by Crippen LogP contribution is 2.31. The van der Waals surface area contributed by atoms with Crippen molar-refractivity contribution in [2.45, 2.75) is 13.0 Å². The molecule has 0 unspecified atom stereocenters. The molecule has 0 radical (unpaired) electrons. The van der Waals surface area contributed by atoms with Gasteiger partial charge in [-0.1, -0.05) is 48.5 Å². The smallest absolute Gasteiger partial charge is 0.169 e. The molecule has 1 heterocycles. The minimum Gasteiger partial charge on any atom is -0.492 e. The minimum atomic E-state index is 0.150. The predicted octanol–water partition coefficient (Wildman–Crippen LogP) is 4.90. The Kier molecular flexibility index (Phi) is 4.21. The highest BCUT2D eigenvalue weighted by atomic mass is 16.5. The van der Waals surface area contributed by atoms with Gasteiger partial charge in [-0.05, 0) is 41.0 Å². The van der Waals surface area contributed by atoms with E-state index >= 15 is 0 Å². The summed E-state index contributed by atoms with van der Waals surface area (Å²) in [4.78, 5) is 11.9. The molecular formula is C22H18O3. The second kappa shape index (κ2) is 6.81. The molecule has 1 aliphatic heterocycles. The largest absolute Gasteiger partial charge is 0.492 e. The van der Waals surface area contributed by atoms with Crippen LogP contribution < -0.4 is 9.47 Å². The van der Waals surface area contributed by atoms with Crippen LogP contribution in [0.5, 0.6) is 11.5 Å². The Balaban J connectivity index is 1.49. The van der Waals surface area contributed by atoms with Gasteiger partial charge in [0.1, 0.15) is 18.1 Å². The molecule has 0 saturated carbocycles. The number of Topliss-reactive ketones (excluding diaryl/α,β-unsaturated/α-hetero) is 1. The summed E-state index contributed by atoms with van der Waals surface area (Å²) in [6, 6.07) is 23.8. The summed E-state index contributed by atoms with van der Waals surface area (Å²) in [5.41, 5.74) is 3.92. The zero-order valence-electron chi connectivity index (χ0n) is 13.8. The van der Waals surface area contributed by atoms with E-state index in [0.717, 1.165) is 22.4 Å². The number of hydrogen-bond donors (Lipinski definition) is 0. The molecule has 0 amide bonds. The fourth-order valence-corrected chi connectivity index (χ4v) is 2.92. The van der Waals surface area contributed by atoms with Crippen molar-refractivity contribution in [2.75, 3.05) is 6.61 Å². The van der Waals surface area contributed by atoms with Crippen molar-refractivity contribution in [1.82, 2.24) is 0 Å². The normalized spacial score (nSPS) is 13.0. The quantitative estimate of drug-likeness (QED) is 0.683. The monoisotopic (exact) mass is 330 g/mol. The van der Waals surface area contributed by atoms with Gasteiger partial charge in [-0.25, -0.2) is 0 Å². The number of fused-ring (bicyclic) bond motifs is 1. The summed E-state index contributed by atoms with van der Waals surface area (Å²) >= 11 is 0. The van der Waals surface area contributed by atoms with Crippen LogP contribution in [0.2, 0.25) is 0 Å². The maximum atomic E-state index is 11.9. The topological polar surface area (TPSA) is 35.5 Å². The third kappa shape index (κ3) is 3.41. The van der Waals surface area contributed by atoms with E-state index < -0.39 is 0 Å². The van der Waals surface area contributed by atoms with Crippen LogP contribution in [0.3, 0.4) is 0 Å². The molecule has 3 nitrogen and oxygen atoms in total. The first kappa shape index (κ1) is 15.5. The van der Waals surface area contributed by atoms with Crippen molar-refractivity contribution < 1.29 is 14.3 Å². The van der Waals surface area contributed by atoms with Gasteiger partial charge in [0.15, 0.2) is 5.78 Å². The highest BCUT2D eigenvalue weighted by Gasteiger charge is 2.18. The molecule has 25 heavy (non-hydrogen) atoms. The standard InChI is InChI=1S/C22H18O3/c23-21-12-13-24-22-14-18(8-11-20(21)22)17-6-9-19(10-7-17)25-15-16-4-2-1-3-5-16/h1-11,14H,12-13,15H2. The van der Waals surface area contributed by atoms with Gasteiger partial charge in [0.2, 0.25) is 0 Å². The number of carbonyl (C=O) groups excluding carboxylic acids is 1. The van der Waals surface area contributed by atoms with Gasteiger partial charge < -0.3 is 9.47 Å². The van der Waals surface area contributed by atoms with Crippen molar-refractivity contribution in [2.24, 2.45) is 0 Å². The molecule has 4 rings (SSSR count). The molecule has 0 N–H and O–H groups in total. The average Bonchev–Trinajstić information content (AvgIpc) is 2.67. The third-order valence-corrected chi connectivity index (χ3v) is 4.30. The van der Waals surface area contributed by atoms with Crippen LogP contribution in [0.25, 0.3) is 11.1 Å². The summed E-state index contributed by atoms with van der Waals surface area (Å²) in [5.74, 6) is 1.66. The molecule has 0 spiro atoms. The summed E-state index contributed by atoms with van der Waals surface area (Å²) in [7, 11) is 0. The van der Waals surface area contributed by atoms with Crippen molar-refractivity contribution in [3.05, 3.63) is 83.9 Å². The molecule has 124 valence electrons. The van der Waals surface area contributed by atoms with Gasteiger partial charge in [0.25, 0.3) is 0 Å². The lowest BCUT2D eigenvalue weighted by molar-refractivity contribution is 0.0933. The number of rotatable bonds is 4. The van der Waals surface area contributed by atoms with Gasteiger partial charge in [0.05, 0.1) is 12.2 Å². The molecule has 3 aromatic rings. The van der Waals surface area contributed by atoms with E-state index in [-0.39, 0.29) is 5.78 Å². The van der Waals surface area contributed by atoms with Gasteiger partial charge in [-0.3, -0.25) is 4.79 Å². The van der Waals surface area contributed by atoms with Crippen LogP contribution in [0, 0.1) is 0 Å². The van der Waals surface area contributed by atoms with E-state index in [1.807, 2.05) is 72.8 Å². The second-order valence-corrected chi connectivity index (χ2v) is 6.03. The molecular weight excluding hydrogens is 312 g/mol. The SMILES string of the molecule is O=C1CCOc2cc(-c3ccc(OCc4ccccc4)cc3)ccc21. The van der Waals surface area contributed by atoms with Crippen LogP contribution in [-0.4, -0.2) is 12.4 Å². The minimum absolute atomic E-state index is 0.150. The number of ether oxygens (including phenoxy) is 2. The van der Waals surface area contributed by atoms with Crippen molar-refractivity contribution in [1.29, 1.82) is 0 Å². The van der Waals surface area contributed by atoms with Gasteiger partial charge >= 0.3 is 0 Å². The third-order valence-electron chi connectivity index (χ3n) is 4.30. The fourth-order valence-electron chi connectivity index (χ4n) is 2.92. The Morgan fingerprint density at radius 1 is 0.880 bits per heavy atom. The maximum absolute atomic E-state index is 11.9. The van der Waals surface area contributed by atoms with E-state index in [0.29, 0.717) is 30.9 Å². The molecule has 0 bridgehead atoms. The van der Waals surface area contributed by atoms with Gasteiger partial charge in [-0.15, -0.1) is 0 Å². The highest BCUT2D eigenvalue weighted by molar-refractivity contribution is 6.00. The van der Waals surface area contributed by atoms with Crippen LogP contribution >= 0.6 is 0 Å². The van der Waals surface area contributed by atoms with Crippen molar-refractivity contribution in [3.8, 4) is 22.6 Å². The summed E-state index contributed by atoms with van der Waals surface area (Å²) in [6.07, 6.45) is 0.458. The summed E-state index contributed by atoms with van der Waals surface area (Å²) in [5, 5.41) is 0. The Morgan fingerprint density at radius 2 is 1.64 bits per heavy atom. The van der Waals surface area contributed by atoms with Crippen LogP contribution in [-0.2, 0) is 6.61 Å². The Hall–Kier alpha value is -3.07. The summed E-state index contributed by atoms with van der Waals surface area (Å²) in [6.45, 7) is 1.01. The Morgan fingerprint density at radius 3 is 2.44 bits per heavy atom. The number of hydrogen-bond acceptors (Lipinski definition) is 3. The van der Waals surface area contributed by atoms with E-state index in [1.54, 1.807) is 0 Å². The number of ketones is 1. The lowest BCUT2D eigenvalue weighted by atomic mass is 9.99.